The largest absolute Gasteiger partial charge is 0.409 e. The molecule has 0 saturated heterocycles. The number of rotatable bonds is 6. The maximum atomic E-state index is 12.6. The smallest absolute Gasteiger partial charge is 0.272 e. The number of carbonyl (C=O) groups excluding carboxylic acids is 1. The van der Waals surface area contributed by atoms with Gasteiger partial charge < -0.3 is 15.8 Å². The summed E-state index contributed by atoms with van der Waals surface area (Å²) >= 11 is 0. The van der Waals surface area contributed by atoms with Crippen LogP contribution in [0.4, 0.5) is 0 Å². The standard InChI is InChI=1S/C13H23N5O2/c1-5-18-11(8-10(4)15-18)13(19)17(9(2)3)7-6-12(14)16-20/h8-9,20H,5-7H2,1-4H3,(H2,14,16). The van der Waals surface area contributed by atoms with Crippen molar-refractivity contribution in [3.63, 3.8) is 0 Å². The Morgan fingerprint density at radius 3 is 2.75 bits per heavy atom. The van der Waals surface area contributed by atoms with Crippen molar-refractivity contribution in [3.8, 4) is 0 Å². The average Bonchev–Trinajstić information content (AvgIpc) is 2.79. The summed E-state index contributed by atoms with van der Waals surface area (Å²) in [5, 5.41) is 15.8. The van der Waals surface area contributed by atoms with Crippen LogP contribution in [-0.4, -0.2) is 44.2 Å². The SMILES string of the molecule is CCn1nc(C)cc1C(=O)N(CCC(N)=NO)C(C)C. The summed E-state index contributed by atoms with van der Waals surface area (Å²) in [5.74, 6) is 0.0248. The van der Waals surface area contributed by atoms with E-state index in [2.05, 4.69) is 10.3 Å². The van der Waals surface area contributed by atoms with Crippen LogP contribution in [0, 0.1) is 6.92 Å². The van der Waals surface area contributed by atoms with E-state index in [1.165, 1.54) is 0 Å². The van der Waals surface area contributed by atoms with Crippen LogP contribution in [0.3, 0.4) is 0 Å². The number of nitrogens with two attached hydrogens (primary N) is 1. The van der Waals surface area contributed by atoms with Crippen LogP contribution in [0.25, 0.3) is 0 Å². The molecule has 7 nitrogen and oxygen atoms in total. The van der Waals surface area contributed by atoms with Crippen LogP contribution < -0.4 is 5.73 Å². The van der Waals surface area contributed by atoms with E-state index in [0.717, 1.165) is 5.69 Å². The molecular weight excluding hydrogens is 258 g/mol. The number of hydrogen-bond acceptors (Lipinski definition) is 4. The minimum absolute atomic E-state index is 0.0227. The highest BCUT2D eigenvalue weighted by Crippen LogP contribution is 2.11. The molecule has 0 fully saturated rings. The summed E-state index contributed by atoms with van der Waals surface area (Å²) in [7, 11) is 0. The maximum Gasteiger partial charge on any atom is 0.272 e. The Hall–Kier alpha value is -2.05. The summed E-state index contributed by atoms with van der Waals surface area (Å²) < 4.78 is 1.69. The van der Waals surface area contributed by atoms with Gasteiger partial charge in [-0.2, -0.15) is 5.10 Å². The average molecular weight is 281 g/mol. The first-order valence-corrected chi connectivity index (χ1v) is 6.72. The number of oxime groups is 1. The van der Waals surface area contributed by atoms with Crippen LogP contribution >= 0.6 is 0 Å². The second kappa shape index (κ2) is 6.93. The molecule has 0 radical (unpaired) electrons. The number of amidine groups is 1. The van der Waals surface area contributed by atoms with Gasteiger partial charge in [0.05, 0.1) is 5.69 Å². The number of hydrogen-bond donors (Lipinski definition) is 2. The van der Waals surface area contributed by atoms with Crippen molar-refractivity contribution < 1.29 is 10.0 Å². The van der Waals surface area contributed by atoms with Gasteiger partial charge >= 0.3 is 0 Å². The van der Waals surface area contributed by atoms with Gasteiger partial charge in [-0.3, -0.25) is 9.48 Å². The van der Waals surface area contributed by atoms with E-state index in [-0.39, 0.29) is 17.8 Å². The van der Waals surface area contributed by atoms with Gasteiger partial charge in [0.1, 0.15) is 11.5 Å². The maximum absolute atomic E-state index is 12.6. The summed E-state index contributed by atoms with van der Waals surface area (Å²) in [6, 6.07) is 1.81. The molecule has 112 valence electrons. The lowest BCUT2D eigenvalue weighted by Gasteiger charge is -2.26. The number of carbonyl (C=O) groups is 1. The highest BCUT2D eigenvalue weighted by atomic mass is 16.4. The minimum atomic E-state index is -0.0896. The molecule has 0 aromatic carbocycles. The zero-order valence-electron chi connectivity index (χ0n) is 12.5. The molecule has 0 aliphatic rings. The summed E-state index contributed by atoms with van der Waals surface area (Å²) in [6.07, 6.45) is 0.333. The fourth-order valence-electron chi connectivity index (χ4n) is 1.99. The second-order valence-electron chi connectivity index (χ2n) is 4.92. The van der Waals surface area contributed by atoms with E-state index < -0.39 is 0 Å². The molecule has 3 N–H and O–H groups in total. The van der Waals surface area contributed by atoms with Crippen molar-refractivity contribution in [2.24, 2.45) is 10.9 Å². The van der Waals surface area contributed by atoms with Crippen LogP contribution in [0.5, 0.6) is 0 Å². The molecule has 1 amide bonds. The van der Waals surface area contributed by atoms with Gasteiger partial charge in [-0.15, -0.1) is 0 Å². The Morgan fingerprint density at radius 1 is 1.60 bits per heavy atom. The van der Waals surface area contributed by atoms with E-state index in [1.54, 1.807) is 15.6 Å². The van der Waals surface area contributed by atoms with Gasteiger partial charge in [-0.1, -0.05) is 5.16 Å². The lowest BCUT2D eigenvalue weighted by atomic mass is 10.2. The van der Waals surface area contributed by atoms with E-state index in [1.807, 2.05) is 27.7 Å². The van der Waals surface area contributed by atoms with Crippen LogP contribution in [0.2, 0.25) is 0 Å². The zero-order valence-corrected chi connectivity index (χ0v) is 12.5. The fourth-order valence-corrected chi connectivity index (χ4v) is 1.99. The number of nitrogens with zero attached hydrogens (tertiary/aromatic N) is 4. The van der Waals surface area contributed by atoms with Gasteiger partial charge in [0.15, 0.2) is 0 Å². The Labute approximate surface area is 119 Å². The monoisotopic (exact) mass is 281 g/mol. The second-order valence-corrected chi connectivity index (χ2v) is 4.92. The molecule has 1 aromatic heterocycles. The molecule has 0 unspecified atom stereocenters. The molecule has 0 aliphatic carbocycles. The van der Waals surface area contributed by atoms with Crippen molar-refractivity contribution in [1.82, 2.24) is 14.7 Å². The van der Waals surface area contributed by atoms with Crippen molar-refractivity contribution >= 4 is 11.7 Å². The predicted molar refractivity (Wildman–Crippen MR) is 76.8 cm³/mol. The first-order chi connectivity index (χ1) is 9.40. The predicted octanol–water partition coefficient (Wildman–Crippen LogP) is 1.20. The van der Waals surface area contributed by atoms with Crippen molar-refractivity contribution in [2.75, 3.05) is 6.54 Å². The van der Waals surface area contributed by atoms with E-state index in [0.29, 0.717) is 25.2 Å². The Balaban J connectivity index is 2.93. The van der Waals surface area contributed by atoms with Gasteiger partial charge in [0.2, 0.25) is 0 Å². The molecule has 1 rings (SSSR count). The van der Waals surface area contributed by atoms with Crippen molar-refractivity contribution in [1.29, 1.82) is 0 Å². The van der Waals surface area contributed by atoms with Crippen molar-refractivity contribution in [2.45, 2.75) is 46.7 Å². The number of aryl methyl sites for hydroxylation is 2. The minimum Gasteiger partial charge on any atom is -0.409 e. The van der Waals surface area contributed by atoms with E-state index in [9.17, 15) is 4.79 Å². The van der Waals surface area contributed by atoms with Crippen LogP contribution in [0.1, 0.15) is 43.4 Å². The summed E-state index contributed by atoms with van der Waals surface area (Å²) in [4.78, 5) is 14.3. The third-order valence-electron chi connectivity index (χ3n) is 3.04. The molecule has 20 heavy (non-hydrogen) atoms. The Morgan fingerprint density at radius 2 is 2.25 bits per heavy atom. The van der Waals surface area contributed by atoms with Gasteiger partial charge in [-0.25, -0.2) is 0 Å². The van der Waals surface area contributed by atoms with E-state index >= 15 is 0 Å². The lowest BCUT2D eigenvalue weighted by Crippen LogP contribution is -2.40. The van der Waals surface area contributed by atoms with Crippen molar-refractivity contribution in [3.05, 3.63) is 17.5 Å². The quantitative estimate of drug-likeness (QED) is 0.354. The van der Waals surface area contributed by atoms with Crippen LogP contribution in [0.15, 0.2) is 11.2 Å². The molecule has 7 heteroatoms. The Bertz CT molecular complexity index is 493. The highest BCUT2D eigenvalue weighted by molar-refractivity contribution is 5.93. The number of aromatic nitrogens is 2. The summed E-state index contributed by atoms with van der Waals surface area (Å²) in [5.41, 5.74) is 6.85. The first kappa shape index (κ1) is 16.0. The molecular formula is C13H23N5O2. The molecule has 0 spiro atoms. The van der Waals surface area contributed by atoms with Gasteiger partial charge in [-0.05, 0) is 33.8 Å². The molecule has 0 aliphatic heterocycles. The van der Waals surface area contributed by atoms with Gasteiger partial charge in [0.25, 0.3) is 5.91 Å². The molecule has 0 saturated carbocycles. The van der Waals surface area contributed by atoms with Gasteiger partial charge in [0, 0.05) is 25.6 Å². The number of amides is 1. The molecule has 1 heterocycles. The third-order valence-corrected chi connectivity index (χ3v) is 3.04. The van der Waals surface area contributed by atoms with E-state index in [4.69, 9.17) is 10.9 Å². The lowest BCUT2D eigenvalue weighted by molar-refractivity contribution is 0.0698. The van der Waals surface area contributed by atoms with Crippen LogP contribution in [-0.2, 0) is 6.54 Å². The fraction of sp³-hybridized carbons (Fsp3) is 0.615. The summed E-state index contributed by atoms with van der Waals surface area (Å²) in [6.45, 7) is 8.72. The molecule has 0 bridgehead atoms. The zero-order chi connectivity index (χ0) is 15.3. The third kappa shape index (κ3) is 3.72. The normalized spacial score (nSPS) is 11.9. The molecule has 0 atom stereocenters. The highest BCUT2D eigenvalue weighted by Gasteiger charge is 2.22. The first-order valence-electron chi connectivity index (χ1n) is 6.72. The topological polar surface area (TPSA) is 96.7 Å². The Kier molecular flexibility index (Phi) is 5.54. The molecule has 1 aromatic rings.